The molecule has 88 valence electrons. The summed E-state index contributed by atoms with van der Waals surface area (Å²) in [6, 6.07) is 5.05. The lowest BCUT2D eigenvalue weighted by Gasteiger charge is -2.13. The summed E-state index contributed by atoms with van der Waals surface area (Å²) in [5.41, 5.74) is 5.62. The highest BCUT2D eigenvalue weighted by Crippen LogP contribution is 2.16. The van der Waals surface area contributed by atoms with Crippen molar-refractivity contribution in [2.75, 3.05) is 0 Å². The zero-order valence-corrected chi connectivity index (χ0v) is 9.44. The second kappa shape index (κ2) is 5.61. The van der Waals surface area contributed by atoms with E-state index in [4.69, 9.17) is 10.5 Å². The fourth-order valence-corrected chi connectivity index (χ4v) is 1.32. The van der Waals surface area contributed by atoms with E-state index in [0.29, 0.717) is 12.3 Å². The first-order chi connectivity index (χ1) is 7.50. The smallest absolute Gasteiger partial charge is 0.328 e. The van der Waals surface area contributed by atoms with Crippen LogP contribution in [0.15, 0.2) is 24.3 Å². The van der Waals surface area contributed by atoms with Gasteiger partial charge in [-0.15, -0.1) is 0 Å². The lowest BCUT2D eigenvalue weighted by molar-refractivity contribution is -0.136. The van der Waals surface area contributed by atoms with Gasteiger partial charge in [-0.25, -0.2) is 9.18 Å². The molecule has 1 aromatic rings. The van der Waals surface area contributed by atoms with E-state index in [-0.39, 0.29) is 5.75 Å². The minimum atomic E-state index is -0.709. The summed E-state index contributed by atoms with van der Waals surface area (Å²) in [4.78, 5) is 11.5. The Bertz CT molecular complexity index is 366. The van der Waals surface area contributed by atoms with E-state index in [1.54, 1.807) is 6.07 Å². The van der Waals surface area contributed by atoms with Gasteiger partial charge in [0.05, 0.1) is 0 Å². The first kappa shape index (κ1) is 12.6. The standard InChI is InChI=1S/C12H16FNO2/c1-8(2)7-10(14)12(15)16-11-6-4-3-5-9(11)13/h3-6,8,10H,7,14H2,1-2H3. The maximum absolute atomic E-state index is 13.2. The summed E-state index contributed by atoms with van der Waals surface area (Å²) in [5.74, 6) is -0.943. The molecule has 0 radical (unpaired) electrons. The molecule has 1 aromatic carbocycles. The van der Waals surface area contributed by atoms with Gasteiger partial charge in [0.1, 0.15) is 6.04 Å². The molecule has 0 aliphatic carbocycles. The van der Waals surface area contributed by atoms with E-state index in [2.05, 4.69) is 0 Å². The molecule has 0 saturated carbocycles. The first-order valence-corrected chi connectivity index (χ1v) is 5.22. The summed E-state index contributed by atoms with van der Waals surface area (Å²) in [6.45, 7) is 3.91. The molecule has 3 nitrogen and oxygen atoms in total. The molecule has 4 heteroatoms. The maximum Gasteiger partial charge on any atom is 0.328 e. The number of halogens is 1. The van der Waals surface area contributed by atoms with Crippen LogP contribution in [-0.4, -0.2) is 12.0 Å². The largest absolute Gasteiger partial charge is 0.422 e. The third kappa shape index (κ3) is 3.62. The Morgan fingerprint density at radius 3 is 2.62 bits per heavy atom. The van der Waals surface area contributed by atoms with Crippen molar-refractivity contribution in [2.45, 2.75) is 26.3 Å². The molecule has 0 aliphatic heterocycles. The Morgan fingerprint density at radius 2 is 2.06 bits per heavy atom. The molecule has 0 saturated heterocycles. The Kier molecular flexibility index (Phi) is 4.43. The lowest BCUT2D eigenvalue weighted by atomic mass is 10.1. The van der Waals surface area contributed by atoms with Crippen LogP contribution in [0.2, 0.25) is 0 Å². The topological polar surface area (TPSA) is 52.3 Å². The number of esters is 1. The first-order valence-electron chi connectivity index (χ1n) is 5.22. The van der Waals surface area contributed by atoms with E-state index in [0.717, 1.165) is 0 Å². The fourth-order valence-electron chi connectivity index (χ4n) is 1.32. The van der Waals surface area contributed by atoms with Crippen LogP contribution >= 0.6 is 0 Å². The number of rotatable bonds is 4. The predicted octanol–water partition coefficient (Wildman–Crippen LogP) is 2.10. The summed E-state index contributed by atoms with van der Waals surface area (Å²) < 4.78 is 18.0. The van der Waals surface area contributed by atoms with Gasteiger partial charge in [-0.1, -0.05) is 26.0 Å². The normalized spacial score (nSPS) is 12.6. The van der Waals surface area contributed by atoms with Gasteiger partial charge in [-0.3, -0.25) is 0 Å². The minimum Gasteiger partial charge on any atom is -0.422 e. The van der Waals surface area contributed by atoms with Crippen LogP contribution in [0.3, 0.4) is 0 Å². The van der Waals surface area contributed by atoms with Crippen molar-refractivity contribution < 1.29 is 13.9 Å². The van der Waals surface area contributed by atoms with E-state index in [9.17, 15) is 9.18 Å². The van der Waals surface area contributed by atoms with Crippen LogP contribution in [0.1, 0.15) is 20.3 Å². The van der Waals surface area contributed by atoms with Crippen LogP contribution in [0.4, 0.5) is 4.39 Å². The number of hydrogen-bond donors (Lipinski definition) is 1. The van der Waals surface area contributed by atoms with Crippen LogP contribution in [0, 0.1) is 11.7 Å². The second-order valence-corrected chi connectivity index (χ2v) is 4.09. The molecule has 0 aliphatic rings. The van der Waals surface area contributed by atoms with Gasteiger partial charge in [-0.05, 0) is 24.5 Å². The molecule has 1 unspecified atom stereocenters. The number of carbonyl (C=O) groups is 1. The summed E-state index contributed by atoms with van der Waals surface area (Å²) in [5, 5.41) is 0. The molecule has 0 bridgehead atoms. The lowest BCUT2D eigenvalue weighted by Crippen LogP contribution is -2.35. The van der Waals surface area contributed by atoms with Crippen LogP contribution in [-0.2, 0) is 4.79 Å². The Balaban J connectivity index is 2.61. The Labute approximate surface area is 94.4 Å². The van der Waals surface area contributed by atoms with E-state index >= 15 is 0 Å². The van der Waals surface area contributed by atoms with Crippen molar-refractivity contribution in [3.8, 4) is 5.75 Å². The molecule has 0 heterocycles. The molecule has 0 amide bonds. The van der Waals surface area contributed by atoms with Crippen molar-refractivity contribution in [1.82, 2.24) is 0 Å². The highest BCUT2D eigenvalue weighted by atomic mass is 19.1. The third-order valence-electron chi connectivity index (χ3n) is 2.08. The number of carbonyl (C=O) groups excluding carboxylic acids is 1. The summed E-state index contributed by atoms with van der Waals surface area (Å²) in [7, 11) is 0. The average molecular weight is 225 g/mol. The van der Waals surface area contributed by atoms with Crippen molar-refractivity contribution in [1.29, 1.82) is 0 Å². The fraction of sp³-hybridized carbons (Fsp3) is 0.417. The number of nitrogens with two attached hydrogens (primary N) is 1. The Morgan fingerprint density at radius 1 is 1.44 bits per heavy atom. The minimum absolute atomic E-state index is 0.0771. The molecule has 0 spiro atoms. The number of benzene rings is 1. The number of hydrogen-bond acceptors (Lipinski definition) is 3. The van der Waals surface area contributed by atoms with Gasteiger partial charge in [0.2, 0.25) is 0 Å². The van der Waals surface area contributed by atoms with Gasteiger partial charge in [0.25, 0.3) is 0 Å². The van der Waals surface area contributed by atoms with Crippen LogP contribution < -0.4 is 10.5 Å². The number of para-hydroxylation sites is 1. The summed E-state index contributed by atoms with van der Waals surface area (Å²) in [6.07, 6.45) is 0.521. The van der Waals surface area contributed by atoms with E-state index < -0.39 is 17.8 Å². The second-order valence-electron chi connectivity index (χ2n) is 4.09. The van der Waals surface area contributed by atoms with Crippen LogP contribution in [0.25, 0.3) is 0 Å². The molecular formula is C12H16FNO2. The SMILES string of the molecule is CC(C)CC(N)C(=O)Oc1ccccc1F. The molecule has 1 atom stereocenters. The zero-order chi connectivity index (χ0) is 12.1. The molecule has 0 fully saturated rings. The third-order valence-corrected chi connectivity index (χ3v) is 2.08. The van der Waals surface area contributed by atoms with Crippen molar-refractivity contribution in [3.63, 3.8) is 0 Å². The predicted molar refractivity (Wildman–Crippen MR) is 59.5 cm³/mol. The van der Waals surface area contributed by atoms with Crippen molar-refractivity contribution in [2.24, 2.45) is 11.7 Å². The van der Waals surface area contributed by atoms with Gasteiger partial charge in [0.15, 0.2) is 11.6 Å². The van der Waals surface area contributed by atoms with Crippen LogP contribution in [0.5, 0.6) is 5.75 Å². The molecule has 1 rings (SSSR count). The van der Waals surface area contributed by atoms with Gasteiger partial charge in [0, 0.05) is 0 Å². The quantitative estimate of drug-likeness (QED) is 0.630. The average Bonchev–Trinajstić information content (AvgIpc) is 2.20. The van der Waals surface area contributed by atoms with Gasteiger partial charge in [-0.2, -0.15) is 0 Å². The molecule has 2 N–H and O–H groups in total. The molecule has 16 heavy (non-hydrogen) atoms. The van der Waals surface area contributed by atoms with Gasteiger partial charge < -0.3 is 10.5 Å². The zero-order valence-electron chi connectivity index (χ0n) is 9.44. The van der Waals surface area contributed by atoms with E-state index in [1.807, 2.05) is 13.8 Å². The highest BCUT2D eigenvalue weighted by Gasteiger charge is 2.18. The van der Waals surface area contributed by atoms with Gasteiger partial charge >= 0.3 is 5.97 Å². The maximum atomic E-state index is 13.2. The van der Waals surface area contributed by atoms with E-state index in [1.165, 1.54) is 18.2 Å². The Hall–Kier alpha value is -1.42. The molecule has 0 aromatic heterocycles. The van der Waals surface area contributed by atoms with Crippen molar-refractivity contribution in [3.05, 3.63) is 30.1 Å². The summed E-state index contributed by atoms with van der Waals surface area (Å²) >= 11 is 0. The number of ether oxygens (including phenoxy) is 1. The van der Waals surface area contributed by atoms with Crippen molar-refractivity contribution >= 4 is 5.97 Å². The monoisotopic (exact) mass is 225 g/mol. The molecular weight excluding hydrogens is 209 g/mol. The highest BCUT2D eigenvalue weighted by molar-refractivity contribution is 5.77.